The summed E-state index contributed by atoms with van der Waals surface area (Å²) in [5.74, 6) is -0.414. The number of allylic oxidation sites excluding steroid dienone is 1. The van der Waals surface area contributed by atoms with Crippen LogP contribution in [0.2, 0.25) is 0 Å². The van der Waals surface area contributed by atoms with E-state index >= 15 is 0 Å². The molecule has 0 aromatic rings. The summed E-state index contributed by atoms with van der Waals surface area (Å²) < 4.78 is 10.8. The average Bonchev–Trinajstić information content (AvgIpc) is 2.75. The summed E-state index contributed by atoms with van der Waals surface area (Å²) in [5, 5.41) is 3.10. The van der Waals surface area contributed by atoms with Gasteiger partial charge in [-0.2, -0.15) is 0 Å². The molecule has 1 saturated heterocycles. The third kappa shape index (κ3) is 2.07. The van der Waals surface area contributed by atoms with Crippen LogP contribution in [-0.4, -0.2) is 48.5 Å². The molecule has 18 heavy (non-hydrogen) atoms. The van der Waals surface area contributed by atoms with Crippen molar-refractivity contribution < 1.29 is 19.1 Å². The molecule has 4 atom stereocenters. The first-order valence-corrected chi connectivity index (χ1v) is 7.11. The second-order valence-corrected chi connectivity index (χ2v) is 6.18. The van der Waals surface area contributed by atoms with E-state index in [1.54, 1.807) is 13.2 Å². The van der Waals surface area contributed by atoms with Gasteiger partial charge >= 0.3 is 5.97 Å². The van der Waals surface area contributed by atoms with E-state index in [1.165, 1.54) is 7.11 Å². The number of nitrogens with one attached hydrogen (secondary N) is 1. The maximum absolute atomic E-state index is 11.9. The Morgan fingerprint density at radius 3 is 2.78 bits per heavy atom. The standard InChI is InChI=1S/C11H13Br2NO4/c1-17-10(16)6-4-11(18-2)3-5(12)8(15)7(13)9(11)14-6/h3,6-7,9,14H,4H2,1-2H3/t6-,7-,9-,11+/m0/s1. The summed E-state index contributed by atoms with van der Waals surface area (Å²) in [7, 11) is 2.91. The van der Waals surface area contributed by atoms with Gasteiger partial charge in [0.05, 0.1) is 22.5 Å². The summed E-state index contributed by atoms with van der Waals surface area (Å²) in [5.41, 5.74) is -0.681. The summed E-state index contributed by atoms with van der Waals surface area (Å²) in [4.78, 5) is 23.1. The Balaban J connectivity index is 2.36. The first-order chi connectivity index (χ1) is 8.45. The molecule has 0 unspecified atom stereocenters. The SMILES string of the molecule is COC(=O)[C@@H]1C[C@]2(OC)C=C(Br)C(=O)[C@H](Br)[C@@H]2N1. The van der Waals surface area contributed by atoms with Gasteiger partial charge in [0, 0.05) is 13.5 Å². The highest BCUT2D eigenvalue weighted by molar-refractivity contribution is 9.12. The molecule has 2 rings (SSSR count). The van der Waals surface area contributed by atoms with E-state index in [0.29, 0.717) is 10.9 Å². The first kappa shape index (κ1) is 14.2. The molecule has 100 valence electrons. The van der Waals surface area contributed by atoms with Gasteiger partial charge < -0.3 is 9.47 Å². The van der Waals surface area contributed by atoms with Crippen molar-refractivity contribution in [2.45, 2.75) is 28.9 Å². The number of hydrogen-bond donors (Lipinski definition) is 1. The van der Waals surface area contributed by atoms with E-state index < -0.39 is 16.5 Å². The molecule has 7 heteroatoms. The van der Waals surface area contributed by atoms with Crippen molar-refractivity contribution in [3.8, 4) is 0 Å². The fraction of sp³-hybridized carbons (Fsp3) is 0.636. The van der Waals surface area contributed by atoms with Gasteiger partial charge in [0.15, 0.2) is 5.78 Å². The molecule has 0 bridgehead atoms. The van der Waals surface area contributed by atoms with Gasteiger partial charge in [-0.25, -0.2) is 0 Å². The zero-order chi connectivity index (χ0) is 13.5. The lowest BCUT2D eigenvalue weighted by atomic mass is 9.85. The molecular weight excluding hydrogens is 370 g/mol. The highest BCUT2D eigenvalue weighted by Crippen LogP contribution is 2.41. The van der Waals surface area contributed by atoms with Crippen molar-refractivity contribution in [2.24, 2.45) is 0 Å². The van der Waals surface area contributed by atoms with Crippen LogP contribution in [-0.2, 0) is 19.1 Å². The van der Waals surface area contributed by atoms with Crippen LogP contribution in [0.15, 0.2) is 10.6 Å². The molecule has 1 fully saturated rings. The number of alkyl halides is 1. The van der Waals surface area contributed by atoms with E-state index in [2.05, 4.69) is 37.2 Å². The number of methoxy groups -OCH3 is 2. The third-order valence-electron chi connectivity index (χ3n) is 3.45. The topological polar surface area (TPSA) is 64.6 Å². The third-order valence-corrected chi connectivity index (χ3v) is 5.01. The molecular formula is C11H13Br2NO4. The number of carbonyl (C=O) groups excluding carboxylic acids is 2. The molecule has 0 radical (unpaired) electrons. The van der Waals surface area contributed by atoms with Crippen LogP contribution in [0.1, 0.15) is 6.42 Å². The number of carbonyl (C=O) groups is 2. The van der Waals surface area contributed by atoms with E-state index in [4.69, 9.17) is 9.47 Å². The van der Waals surface area contributed by atoms with Crippen LogP contribution in [0, 0.1) is 0 Å². The van der Waals surface area contributed by atoms with Crippen LogP contribution in [0.5, 0.6) is 0 Å². The second kappa shape index (κ2) is 5.03. The minimum Gasteiger partial charge on any atom is -0.468 e. The summed E-state index contributed by atoms with van der Waals surface area (Å²) in [6.45, 7) is 0. The number of ether oxygens (including phenoxy) is 2. The Kier molecular flexibility index (Phi) is 3.96. The normalized spacial score (nSPS) is 39.2. The predicted octanol–water partition coefficient (Wildman–Crippen LogP) is 0.900. The van der Waals surface area contributed by atoms with Crippen molar-refractivity contribution in [3.63, 3.8) is 0 Å². The number of fused-ring (bicyclic) bond motifs is 1. The molecule has 0 aromatic carbocycles. The quantitative estimate of drug-likeness (QED) is 0.567. The van der Waals surface area contributed by atoms with Gasteiger partial charge in [-0.15, -0.1) is 0 Å². The lowest BCUT2D eigenvalue weighted by molar-refractivity contribution is -0.143. The number of esters is 1. The van der Waals surface area contributed by atoms with E-state index in [9.17, 15) is 9.59 Å². The molecule has 2 aliphatic rings. The number of ketones is 1. The van der Waals surface area contributed by atoms with Gasteiger partial charge in [-0.05, 0) is 22.0 Å². The van der Waals surface area contributed by atoms with Crippen LogP contribution in [0.4, 0.5) is 0 Å². The maximum Gasteiger partial charge on any atom is 0.322 e. The Labute approximate surface area is 122 Å². The van der Waals surface area contributed by atoms with Crippen LogP contribution in [0.3, 0.4) is 0 Å². The summed E-state index contributed by atoms with van der Waals surface area (Å²) >= 11 is 6.60. The zero-order valence-electron chi connectivity index (χ0n) is 9.91. The van der Waals surface area contributed by atoms with Crippen LogP contribution in [0.25, 0.3) is 0 Å². The van der Waals surface area contributed by atoms with Gasteiger partial charge in [0.25, 0.3) is 0 Å². The number of rotatable bonds is 2. The molecule has 0 spiro atoms. The Bertz CT molecular complexity index is 425. The second-order valence-electron chi connectivity index (χ2n) is 4.34. The molecule has 1 N–H and O–H groups in total. The lowest BCUT2D eigenvalue weighted by Gasteiger charge is -2.36. The summed E-state index contributed by atoms with van der Waals surface area (Å²) in [6.07, 6.45) is 2.17. The molecule has 1 aliphatic carbocycles. The Hall–Kier alpha value is -0.240. The maximum atomic E-state index is 11.9. The fourth-order valence-electron chi connectivity index (χ4n) is 2.48. The van der Waals surface area contributed by atoms with Crippen LogP contribution < -0.4 is 5.32 Å². The van der Waals surface area contributed by atoms with E-state index in [0.717, 1.165) is 0 Å². The van der Waals surface area contributed by atoms with E-state index in [-0.39, 0.29) is 17.8 Å². The van der Waals surface area contributed by atoms with Gasteiger partial charge in [0.2, 0.25) is 0 Å². The zero-order valence-corrected chi connectivity index (χ0v) is 13.1. The Morgan fingerprint density at radius 1 is 1.56 bits per heavy atom. The average molecular weight is 383 g/mol. The van der Waals surface area contributed by atoms with Crippen LogP contribution >= 0.6 is 31.9 Å². The molecule has 0 aromatic heterocycles. The number of halogens is 2. The first-order valence-electron chi connectivity index (χ1n) is 5.41. The monoisotopic (exact) mass is 381 g/mol. The highest BCUT2D eigenvalue weighted by Gasteiger charge is 2.55. The minimum absolute atomic E-state index is 0.0642. The van der Waals surface area contributed by atoms with Crippen molar-refractivity contribution >= 4 is 43.6 Å². The molecule has 5 nitrogen and oxygen atoms in total. The van der Waals surface area contributed by atoms with Gasteiger partial charge in [-0.1, -0.05) is 15.9 Å². The van der Waals surface area contributed by atoms with Gasteiger partial charge in [-0.3, -0.25) is 14.9 Å². The highest BCUT2D eigenvalue weighted by atomic mass is 79.9. The van der Waals surface area contributed by atoms with E-state index in [1.807, 2.05) is 0 Å². The lowest BCUT2D eigenvalue weighted by Crippen LogP contribution is -2.54. The Morgan fingerprint density at radius 2 is 2.22 bits per heavy atom. The molecule has 0 amide bonds. The number of Topliss-reactive ketones (excluding diaryl/α,β-unsaturated/α-hetero) is 1. The fourth-order valence-corrected chi connectivity index (χ4v) is 4.26. The van der Waals surface area contributed by atoms with Crippen molar-refractivity contribution in [3.05, 3.63) is 10.6 Å². The van der Waals surface area contributed by atoms with Crippen molar-refractivity contribution in [1.29, 1.82) is 0 Å². The minimum atomic E-state index is -0.681. The van der Waals surface area contributed by atoms with Crippen molar-refractivity contribution in [1.82, 2.24) is 5.32 Å². The largest absolute Gasteiger partial charge is 0.468 e. The molecule has 1 aliphatic heterocycles. The smallest absolute Gasteiger partial charge is 0.322 e. The molecule has 1 heterocycles. The van der Waals surface area contributed by atoms with Crippen molar-refractivity contribution in [2.75, 3.05) is 14.2 Å². The molecule has 0 saturated carbocycles. The predicted molar refractivity (Wildman–Crippen MR) is 71.8 cm³/mol. The summed E-state index contributed by atoms with van der Waals surface area (Å²) in [6, 6.07) is -0.761. The van der Waals surface area contributed by atoms with Gasteiger partial charge in [0.1, 0.15) is 11.6 Å². The number of hydrogen-bond acceptors (Lipinski definition) is 5.